The van der Waals surface area contributed by atoms with E-state index in [1.54, 1.807) is 12.1 Å². The molecule has 8 aromatic carbocycles. The van der Waals surface area contributed by atoms with E-state index in [-0.39, 0.29) is 24.9 Å². The van der Waals surface area contributed by atoms with E-state index < -0.39 is 48.6 Å². The molecule has 2 aliphatic rings. The molecule has 0 saturated carbocycles. The molecule has 9 nitrogen and oxygen atoms in total. The molecule has 0 spiro atoms. The zero-order chi connectivity index (χ0) is 52.8. The van der Waals surface area contributed by atoms with Crippen molar-refractivity contribution >= 4 is 11.6 Å². The monoisotopic (exact) mass is 1030 g/mol. The molecule has 10 rings (SSSR count). The van der Waals surface area contributed by atoms with Crippen molar-refractivity contribution in [2.24, 2.45) is 5.92 Å². The minimum absolute atomic E-state index is 0.0386. The number of benzene rings is 8. The lowest BCUT2D eigenvalue weighted by atomic mass is 9.77. The van der Waals surface area contributed by atoms with Gasteiger partial charge >= 0.3 is 0 Å². The second-order valence-electron chi connectivity index (χ2n) is 20.1. The molecule has 8 atom stereocenters. The summed E-state index contributed by atoms with van der Waals surface area (Å²) < 4.78 is 55.7. The Kier molecular flexibility index (Phi) is 18.1. The predicted molar refractivity (Wildman–Crippen MR) is 296 cm³/mol. The highest BCUT2D eigenvalue weighted by molar-refractivity contribution is 6.03. The predicted octanol–water partition coefficient (Wildman–Crippen LogP) is 13.2. The van der Waals surface area contributed by atoms with E-state index in [1.165, 1.54) is 12.1 Å². The number of nitrogens with zero attached hydrogens (tertiary/aromatic N) is 1. The van der Waals surface area contributed by atoms with Crippen molar-refractivity contribution in [1.82, 2.24) is 0 Å². The Hall–Kier alpha value is -7.28. The summed E-state index contributed by atoms with van der Waals surface area (Å²) >= 11 is 0. The number of amides is 1. The molecular formula is C67H66FNO8. The van der Waals surface area contributed by atoms with Crippen LogP contribution in [0.3, 0.4) is 0 Å². The molecule has 0 bridgehead atoms. The van der Waals surface area contributed by atoms with Gasteiger partial charge in [0.05, 0.1) is 57.2 Å². The van der Waals surface area contributed by atoms with Crippen LogP contribution in [0.1, 0.15) is 75.1 Å². The van der Waals surface area contributed by atoms with Crippen LogP contribution in [0.4, 0.5) is 10.1 Å². The summed E-state index contributed by atoms with van der Waals surface area (Å²) in [5.41, 5.74) is 9.32. The second kappa shape index (κ2) is 26.2. The number of hydrogen-bond acceptors (Lipinski definition) is 8. The van der Waals surface area contributed by atoms with E-state index in [4.69, 9.17) is 28.4 Å². The highest BCUT2D eigenvalue weighted by Crippen LogP contribution is 2.49. The number of carbonyl (C=O) groups is 1. The number of ether oxygens (including phenoxy) is 6. The summed E-state index contributed by atoms with van der Waals surface area (Å²) in [6.45, 7) is 3.88. The topological polar surface area (TPSA) is 95.9 Å². The van der Waals surface area contributed by atoms with Gasteiger partial charge < -0.3 is 38.4 Å². The minimum atomic E-state index is -0.877. The van der Waals surface area contributed by atoms with Crippen molar-refractivity contribution in [2.75, 3.05) is 11.5 Å². The number of hydrogen-bond donors (Lipinski definition) is 1. The standard InChI is InChI=1S/C67H66FNO8/c1-47-27-34-56(35-28-47)69-63(58(67(69)71)37-38-59(70)54-30-32-55(68)33-31-54)57-36-29-53(39-60(57)73-42-49-19-9-3-10-20-49)40-61-64(74-43-50-21-11-4-12-22-50)66(76-45-52-25-15-6-16-26-52)65(75-44-51-23-13-5-14-24-51)62(77-61)46-72-41-48-17-7-2-8-18-48/h2-36,39,58-59,61-66,70H,37-38,40-46H2,1H3/t58-,59+,61+,62?,63-,64?,65-,66+/m1/s1. The molecule has 2 heterocycles. The van der Waals surface area contributed by atoms with Gasteiger partial charge in [-0.1, -0.05) is 194 Å². The van der Waals surface area contributed by atoms with E-state index in [0.717, 1.165) is 50.2 Å². The Morgan fingerprint density at radius 1 is 0.545 bits per heavy atom. The Labute approximate surface area is 451 Å². The summed E-state index contributed by atoms with van der Waals surface area (Å²) in [6.07, 6.45) is -2.69. The highest BCUT2D eigenvalue weighted by atomic mass is 19.1. The lowest BCUT2D eigenvalue weighted by Crippen LogP contribution is -2.61. The summed E-state index contributed by atoms with van der Waals surface area (Å²) in [5, 5.41) is 11.3. The van der Waals surface area contributed by atoms with Crippen LogP contribution < -0.4 is 9.64 Å². The lowest BCUT2D eigenvalue weighted by molar-refractivity contribution is -0.272. The molecule has 77 heavy (non-hydrogen) atoms. The van der Waals surface area contributed by atoms with Crippen LogP contribution in [0.25, 0.3) is 0 Å². The third-order valence-corrected chi connectivity index (χ3v) is 14.6. The molecular weight excluding hydrogens is 966 g/mol. The first-order chi connectivity index (χ1) is 37.8. The van der Waals surface area contributed by atoms with Crippen molar-refractivity contribution in [3.63, 3.8) is 0 Å². The zero-order valence-electron chi connectivity index (χ0n) is 43.4. The number of anilines is 1. The van der Waals surface area contributed by atoms with Crippen LogP contribution in [-0.4, -0.2) is 48.1 Å². The number of aliphatic hydroxyl groups is 1. The largest absolute Gasteiger partial charge is 0.489 e. The quantitative estimate of drug-likeness (QED) is 0.0598. The van der Waals surface area contributed by atoms with E-state index in [0.29, 0.717) is 57.0 Å². The van der Waals surface area contributed by atoms with Crippen LogP contribution in [0, 0.1) is 18.7 Å². The molecule has 8 aromatic rings. The van der Waals surface area contributed by atoms with Crippen LogP contribution in [0.2, 0.25) is 0 Å². The molecule has 2 fully saturated rings. The van der Waals surface area contributed by atoms with Gasteiger partial charge in [-0.15, -0.1) is 0 Å². The van der Waals surface area contributed by atoms with E-state index in [2.05, 4.69) is 54.6 Å². The molecule has 10 heteroatoms. The molecule has 1 amide bonds. The normalized spacial score (nSPS) is 20.6. The van der Waals surface area contributed by atoms with Gasteiger partial charge in [0.1, 0.15) is 42.6 Å². The van der Waals surface area contributed by atoms with Gasteiger partial charge in [0.2, 0.25) is 5.91 Å². The number of aryl methyl sites for hydroxylation is 1. The van der Waals surface area contributed by atoms with Crippen molar-refractivity contribution in [3.05, 3.63) is 274 Å². The summed E-state index contributed by atoms with van der Waals surface area (Å²) in [7, 11) is 0. The molecule has 0 aromatic heterocycles. The van der Waals surface area contributed by atoms with Gasteiger partial charge in [0.25, 0.3) is 0 Å². The Balaban J connectivity index is 1.02. The fourth-order valence-electron chi connectivity index (χ4n) is 10.5. The fourth-order valence-corrected chi connectivity index (χ4v) is 10.5. The van der Waals surface area contributed by atoms with Crippen molar-refractivity contribution in [2.45, 2.75) is 102 Å². The van der Waals surface area contributed by atoms with Gasteiger partial charge in [0.15, 0.2) is 0 Å². The molecule has 0 radical (unpaired) electrons. The summed E-state index contributed by atoms with van der Waals surface area (Å²) in [5.74, 6) is -0.253. The maximum absolute atomic E-state index is 14.5. The fraction of sp³-hybridized carbons (Fsp3) is 0.269. The second-order valence-corrected chi connectivity index (χ2v) is 20.1. The minimum Gasteiger partial charge on any atom is -0.489 e. The molecule has 1 N–H and O–H groups in total. The van der Waals surface area contributed by atoms with Gasteiger partial charge in [-0.3, -0.25) is 4.79 Å². The molecule has 2 saturated heterocycles. The van der Waals surface area contributed by atoms with Crippen LogP contribution in [-0.2, 0) is 67.9 Å². The zero-order valence-corrected chi connectivity index (χ0v) is 43.4. The Bertz CT molecular complexity index is 3060. The molecule has 0 aliphatic carbocycles. The number of β-lactam (4-membered cyclic amide) rings is 1. The number of rotatable bonds is 24. The first-order valence-electron chi connectivity index (χ1n) is 26.7. The van der Waals surface area contributed by atoms with Crippen molar-refractivity contribution in [3.8, 4) is 5.75 Å². The number of halogens is 1. The number of carbonyl (C=O) groups excluding carboxylic acids is 1. The molecule has 2 aliphatic heterocycles. The first kappa shape index (κ1) is 53.1. The van der Waals surface area contributed by atoms with Gasteiger partial charge in [-0.2, -0.15) is 0 Å². The van der Waals surface area contributed by atoms with Crippen molar-refractivity contribution in [1.29, 1.82) is 0 Å². The van der Waals surface area contributed by atoms with Crippen LogP contribution in [0.5, 0.6) is 5.75 Å². The first-order valence-corrected chi connectivity index (χ1v) is 26.7. The summed E-state index contributed by atoms with van der Waals surface area (Å²) in [4.78, 5) is 16.3. The third-order valence-electron chi connectivity index (χ3n) is 14.6. The van der Waals surface area contributed by atoms with E-state index in [9.17, 15) is 14.3 Å². The highest BCUT2D eigenvalue weighted by Gasteiger charge is 2.51. The number of aliphatic hydroxyl groups excluding tert-OH is 1. The maximum Gasteiger partial charge on any atom is 0.233 e. The maximum atomic E-state index is 14.5. The Morgan fingerprint density at radius 2 is 1.04 bits per heavy atom. The van der Waals surface area contributed by atoms with Gasteiger partial charge in [0, 0.05) is 17.7 Å². The van der Waals surface area contributed by atoms with Crippen LogP contribution >= 0.6 is 0 Å². The van der Waals surface area contributed by atoms with Crippen molar-refractivity contribution < 1.29 is 42.7 Å². The average molecular weight is 1030 g/mol. The SMILES string of the molecule is Cc1ccc(N2C(=O)[C@H](CC[C@H](O)c3ccc(F)cc3)[C@H]2c2ccc(C[C@@H]3OC(COCc4ccccc4)[C@@H](OCc4ccccc4)[C@@H](OCc4ccccc4)C3OCc3ccccc3)cc2OCc2ccccc2)cc1. The van der Waals surface area contributed by atoms with E-state index in [1.807, 2.05) is 151 Å². The third kappa shape index (κ3) is 13.8. The van der Waals surface area contributed by atoms with Gasteiger partial charge in [-0.25, -0.2) is 4.39 Å². The van der Waals surface area contributed by atoms with E-state index >= 15 is 0 Å². The Morgan fingerprint density at radius 3 is 1.58 bits per heavy atom. The molecule has 2 unspecified atom stereocenters. The molecule has 394 valence electrons. The van der Waals surface area contributed by atoms with Crippen LogP contribution in [0.15, 0.2) is 218 Å². The average Bonchev–Trinajstić information content (AvgIpc) is 3.54. The smallest absolute Gasteiger partial charge is 0.233 e. The lowest BCUT2D eigenvalue weighted by Gasteiger charge is -2.48. The summed E-state index contributed by atoms with van der Waals surface area (Å²) in [6, 6.07) is 70.2. The van der Waals surface area contributed by atoms with Gasteiger partial charge in [-0.05, 0) is 89.0 Å².